The third-order valence-corrected chi connectivity index (χ3v) is 3.80. The monoisotopic (exact) mass is 181 g/mol. The van der Waals surface area contributed by atoms with E-state index in [0.29, 0.717) is 5.54 Å². The number of likely N-dealkylation sites (N-methyl/N-ethyl adjacent to an activating group) is 1. The Kier molecular flexibility index (Phi) is 1.97. The number of hydrogen-bond acceptors (Lipinski definition) is 2. The van der Waals surface area contributed by atoms with Crippen LogP contribution < -0.4 is 5.32 Å². The molecule has 1 N–H and O–H groups in total. The normalized spacial score (nSPS) is 28.5. The summed E-state index contributed by atoms with van der Waals surface area (Å²) in [6, 6.07) is 0. The van der Waals surface area contributed by atoms with Crippen LogP contribution in [0.15, 0.2) is 10.8 Å². The zero-order valence-corrected chi connectivity index (χ0v) is 8.50. The molecule has 66 valence electrons. The Morgan fingerprint density at radius 2 is 2.17 bits per heavy atom. The fourth-order valence-electron chi connectivity index (χ4n) is 1.86. The minimum atomic E-state index is 0.341. The zero-order valence-electron chi connectivity index (χ0n) is 7.68. The molecule has 0 aromatic carbocycles. The van der Waals surface area contributed by atoms with E-state index in [2.05, 4.69) is 30.0 Å². The molecule has 12 heavy (non-hydrogen) atoms. The highest BCUT2D eigenvalue weighted by molar-refractivity contribution is 7.08. The molecule has 0 fully saturated rings. The van der Waals surface area contributed by atoms with E-state index in [4.69, 9.17) is 0 Å². The van der Waals surface area contributed by atoms with Crippen molar-refractivity contribution in [3.8, 4) is 0 Å². The van der Waals surface area contributed by atoms with Gasteiger partial charge in [-0.25, -0.2) is 0 Å². The summed E-state index contributed by atoms with van der Waals surface area (Å²) in [7, 11) is 2.07. The first-order chi connectivity index (χ1) is 5.73. The maximum absolute atomic E-state index is 3.42. The van der Waals surface area contributed by atoms with Crippen LogP contribution in [0.4, 0.5) is 0 Å². The van der Waals surface area contributed by atoms with E-state index in [9.17, 15) is 0 Å². The van der Waals surface area contributed by atoms with Crippen LogP contribution in [0, 0.1) is 0 Å². The molecule has 0 amide bonds. The molecule has 0 bridgehead atoms. The lowest BCUT2D eigenvalue weighted by molar-refractivity contribution is 0.339. The molecule has 1 nitrogen and oxygen atoms in total. The van der Waals surface area contributed by atoms with Crippen LogP contribution in [0.2, 0.25) is 0 Å². The second kappa shape index (κ2) is 2.86. The van der Waals surface area contributed by atoms with E-state index in [0.717, 1.165) is 0 Å². The molecule has 1 unspecified atom stereocenters. The van der Waals surface area contributed by atoms with Crippen LogP contribution in [0.3, 0.4) is 0 Å². The third kappa shape index (κ3) is 1.29. The first kappa shape index (κ1) is 8.27. The van der Waals surface area contributed by atoms with Gasteiger partial charge in [0.1, 0.15) is 0 Å². The van der Waals surface area contributed by atoms with Crippen molar-refractivity contribution in [2.24, 2.45) is 0 Å². The topological polar surface area (TPSA) is 12.0 Å². The molecular weight excluding hydrogens is 166 g/mol. The average molecular weight is 181 g/mol. The number of hydrogen-bond donors (Lipinski definition) is 1. The first-order valence-electron chi connectivity index (χ1n) is 4.46. The van der Waals surface area contributed by atoms with Gasteiger partial charge in [0.2, 0.25) is 0 Å². The van der Waals surface area contributed by atoms with Crippen molar-refractivity contribution >= 4 is 11.3 Å². The lowest BCUT2D eigenvalue weighted by Crippen LogP contribution is -2.44. The molecule has 0 saturated carbocycles. The Morgan fingerprint density at radius 3 is 2.92 bits per heavy atom. The number of thiophene rings is 1. The van der Waals surface area contributed by atoms with Crippen LogP contribution in [-0.2, 0) is 12.8 Å². The second-order valence-electron chi connectivity index (χ2n) is 3.91. The summed E-state index contributed by atoms with van der Waals surface area (Å²) in [6.07, 6.45) is 3.71. The van der Waals surface area contributed by atoms with Gasteiger partial charge >= 0.3 is 0 Å². The van der Waals surface area contributed by atoms with Gasteiger partial charge in [-0.05, 0) is 55.1 Å². The van der Waals surface area contributed by atoms with Crippen LogP contribution >= 0.6 is 11.3 Å². The van der Waals surface area contributed by atoms with Gasteiger partial charge in [-0.1, -0.05) is 0 Å². The maximum Gasteiger partial charge on any atom is 0.0194 e. The molecule has 1 aliphatic rings. The van der Waals surface area contributed by atoms with Gasteiger partial charge in [0.15, 0.2) is 0 Å². The van der Waals surface area contributed by atoms with Crippen molar-refractivity contribution in [1.29, 1.82) is 0 Å². The predicted octanol–water partition coefficient (Wildman–Crippen LogP) is 2.21. The molecule has 1 aromatic heterocycles. The van der Waals surface area contributed by atoms with Crippen molar-refractivity contribution in [3.63, 3.8) is 0 Å². The van der Waals surface area contributed by atoms with E-state index in [-0.39, 0.29) is 0 Å². The summed E-state index contributed by atoms with van der Waals surface area (Å²) < 4.78 is 0. The molecule has 0 saturated heterocycles. The van der Waals surface area contributed by atoms with Gasteiger partial charge in [-0.15, -0.1) is 0 Å². The predicted molar refractivity (Wildman–Crippen MR) is 53.8 cm³/mol. The van der Waals surface area contributed by atoms with Crippen molar-refractivity contribution in [1.82, 2.24) is 5.32 Å². The highest BCUT2D eigenvalue weighted by Gasteiger charge is 2.28. The van der Waals surface area contributed by atoms with Crippen LogP contribution in [0.1, 0.15) is 24.5 Å². The van der Waals surface area contributed by atoms with Crippen molar-refractivity contribution in [2.45, 2.75) is 31.7 Å². The fraction of sp³-hybridized carbons (Fsp3) is 0.600. The second-order valence-corrected chi connectivity index (χ2v) is 4.65. The Labute approximate surface area is 77.8 Å². The maximum atomic E-state index is 3.42. The van der Waals surface area contributed by atoms with Crippen LogP contribution in [0.25, 0.3) is 0 Å². The molecule has 1 aromatic rings. The number of fused-ring (bicyclic) bond motifs is 1. The minimum absolute atomic E-state index is 0.341. The quantitative estimate of drug-likeness (QED) is 0.700. The molecule has 1 heterocycles. The highest BCUT2D eigenvalue weighted by Crippen LogP contribution is 2.30. The van der Waals surface area contributed by atoms with Crippen molar-refractivity contribution in [2.75, 3.05) is 7.05 Å². The molecule has 1 aliphatic carbocycles. The zero-order chi connectivity index (χ0) is 8.60. The number of nitrogens with one attached hydrogen (secondary N) is 1. The summed E-state index contributed by atoms with van der Waals surface area (Å²) in [6.45, 7) is 2.31. The van der Waals surface area contributed by atoms with E-state index in [1.165, 1.54) is 19.3 Å². The van der Waals surface area contributed by atoms with Gasteiger partial charge in [0.05, 0.1) is 0 Å². The SMILES string of the molecule is CNC1(C)CCc2cscc2C1. The van der Waals surface area contributed by atoms with Gasteiger partial charge in [-0.2, -0.15) is 11.3 Å². The summed E-state index contributed by atoms with van der Waals surface area (Å²) in [5.74, 6) is 0. The molecular formula is C10H15NS. The highest BCUT2D eigenvalue weighted by atomic mass is 32.1. The summed E-state index contributed by atoms with van der Waals surface area (Å²) in [5.41, 5.74) is 3.48. The van der Waals surface area contributed by atoms with Crippen molar-refractivity contribution < 1.29 is 0 Å². The van der Waals surface area contributed by atoms with Gasteiger partial charge in [-0.3, -0.25) is 0 Å². The minimum Gasteiger partial charge on any atom is -0.314 e. The average Bonchev–Trinajstić information content (AvgIpc) is 2.51. The number of rotatable bonds is 1. The lowest BCUT2D eigenvalue weighted by atomic mass is 9.81. The standard InChI is InChI=1S/C10H15NS/c1-10(11-2)4-3-8-6-12-7-9(8)5-10/h6-7,11H,3-5H2,1-2H3. The van der Waals surface area contributed by atoms with Gasteiger partial charge in [0, 0.05) is 5.54 Å². The van der Waals surface area contributed by atoms with Gasteiger partial charge < -0.3 is 5.32 Å². The Morgan fingerprint density at radius 1 is 1.42 bits per heavy atom. The lowest BCUT2D eigenvalue weighted by Gasteiger charge is -2.33. The van der Waals surface area contributed by atoms with Gasteiger partial charge in [0.25, 0.3) is 0 Å². The van der Waals surface area contributed by atoms with E-state index >= 15 is 0 Å². The largest absolute Gasteiger partial charge is 0.314 e. The van der Waals surface area contributed by atoms with Crippen molar-refractivity contribution in [3.05, 3.63) is 21.9 Å². The fourth-order valence-corrected chi connectivity index (χ4v) is 2.76. The van der Waals surface area contributed by atoms with Crippen LogP contribution in [0.5, 0.6) is 0 Å². The Hall–Kier alpha value is -0.340. The molecule has 0 radical (unpaired) electrons. The smallest absolute Gasteiger partial charge is 0.0194 e. The molecule has 0 aliphatic heterocycles. The molecule has 0 spiro atoms. The summed E-state index contributed by atoms with van der Waals surface area (Å²) in [4.78, 5) is 0. The number of aryl methyl sites for hydroxylation is 1. The molecule has 2 rings (SSSR count). The molecule has 2 heteroatoms. The molecule has 1 atom stereocenters. The third-order valence-electron chi connectivity index (χ3n) is 2.96. The van der Waals surface area contributed by atoms with E-state index < -0.39 is 0 Å². The van der Waals surface area contributed by atoms with E-state index in [1.54, 1.807) is 11.1 Å². The first-order valence-corrected chi connectivity index (χ1v) is 5.41. The Bertz CT molecular complexity index is 279. The summed E-state index contributed by atoms with van der Waals surface area (Å²) in [5, 5.41) is 8.01. The summed E-state index contributed by atoms with van der Waals surface area (Å²) >= 11 is 1.84. The van der Waals surface area contributed by atoms with Crippen LogP contribution in [-0.4, -0.2) is 12.6 Å². The Balaban J connectivity index is 2.25. The van der Waals surface area contributed by atoms with E-state index in [1.807, 2.05) is 11.3 Å².